The molecule has 0 radical (unpaired) electrons. The lowest BCUT2D eigenvalue weighted by atomic mass is 10.2. The van der Waals surface area contributed by atoms with Gasteiger partial charge in [-0.1, -0.05) is 30.7 Å². The first-order chi connectivity index (χ1) is 10.8. The van der Waals surface area contributed by atoms with Crippen molar-refractivity contribution in [3.05, 3.63) is 46.7 Å². The lowest BCUT2D eigenvalue weighted by Crippen LogP contribution is -2.17. The predicted octanol–water partition coefficient (Wildman–Crippen LogP) is 2.84. The Morgan fingerprint density at radius 2 is 2.09 bits per heavy atom. The Bertz CT molecular complexity index is 837. The molecule has 2 aromatic rings. The second kappa shape index (κ2) is 7.06. The van der Waals surface area contributed by atoms with Crippen LogP contribution in [0.15, 0.2) is 35.6 Å². The van der Waals surface area contributed by atoms with Crippen LogP contribution in [0, 0.1) is 6.92 Å². The zero-order valence-corrected chi connectivity index (χ0v) is 14.2. The van der Waals surface area contributed by atoms with Gasteiger partial charge in [-0.25, -0.2) is 23.2 Å². The summed E-state index contributed by atoms with van der Waals surface area (Å²) < 4.78 is 29.2. The molecule has 0 aliphatic heterocycles. The van der Waals surface area contributed by atoms with Crippen molar-refractivity contribution in [1.82, 2.24) is 9.97 Å². The molecule has 6 nitrogen and oxygen atoms in total. The molecule has 0 saturated heterocycles. The maximum Gasteiger partial charge on any atom is 0.364 e. The first-order valence-corrected chi connectivity index (χ1v) is 8.90. The van der Waals surface area contributed by atoms with Crippen LogP contribution in [0.2, 0.25) is 5.02 Å². The minimum absolute atomic E-state index is 0.0712. The summed E-state index contributed by atoms with van der Waals surface area (Å²) in [6.07, 6.45) is 1.50. The summed E-state index contributed by atoms with van der Waals surface area (Å²) in [6, 6.07) is 6.86. The maximum absolute atomic E-state index is 12.2. The van der Waals surface area contributed by atoms with E-state index in [1.807, 2.05) is 13.0 Å². The summed E-state index contributed by atoms with van der Waals surface area (Å²) in [6.45, 7) is 3.57. The van der Waals surface area contributed by atoms with Crippen LogP contribution in [-0.4, -0.2) is 30.1 Å². The monoisotopic (exact) mass is 354 g/mol. The van der Waals surface area contributed by atoms with Gasteiger partial charge in [0.2, 0.25) is 15.0 Å². The molecule has 0 spiro atoms. The second-order valence-electron chi connectivity index (χ2n) is 4.87. The minimum Gasteiger partial charge on any atom is -0.422 e. The average molecular weight is 355 g/mol. The summed E-state index contributed by atoms with van der Waals surface area (Å²) in [5.74, 6) is -0.625. The SMILES string of the molecule is CCCS(=O)(=O)c1ncc(Cl)c(C(=O)Oc2cccc(C)c2)n1. The van der Waals surface area contributed by atoms with Crippen molar-refractivity contribution in [2.24, 2.45) is 0 Å². The molecule has 1 aromatic heterocycles. The third-order valence-electron chi connectivity index (χ3n) is 2.87. The average Bonchev–Trinajstić information content (AvgIpc) is 2.47. The van der Waals surface area contributed by atoms with Gasteiger partial charge >= 0.3 is 5.97 Å². The molecule has 1 heterocycles. The van der Waals surface area contributed by atoms with Crippen molar-refractivity contribution in [2.45, 2.75) is 25.4 Å². The highest BCUT2D eigenvalue weighted by molar-refractivity contribution is 7.91. The van der Waals surface area contributed by atoms with Crippen LogP contribution in [-0.2, 0) is 9.84 Å². The molecule has 0 unspecified atom stereocenters. The standard InChI is InChI=1S/C15H15ClN2O4S/c1-3-7-23(20,21)15-17-9-12(16)13(18-15)14(19)22-11-6-4-5-10(2)8-11/h4-6,8-9H,3,7H2,1-2H3. The molecule has 0 bridgehead atoms. The first kappa shape index (κ1) is 17.4. The lowest BCUT2D eigenvalue weighted by molar-refractivity contribution is 0.0727. The lowest BCUT2D eigenvalue weighted by Gasteiger charge is -2.07. The van der Waals surface area contributed by atoms with Gasteiger partial charge in [-0.05, 0) is 31.0 Å². The number of aryl methyl sites for hydroxylation is 1. The minimum atomic E-state index is -3.65. The highest BCUT2D eigenvalue weighted by atomic mass is 35.5. The van der Waals surface area contributed by atoms with E-state index < -0.39 is 21.0 Å². The molecular weight excluding hydrogens is 340 g/mol. The van der Waals surface area contributed by atoms with E-state index in [0.717, 1.165) is 11.8 Å². The van der Waals surface area contributed by atoms with Crippen LogP contribution in [0.5, 0.6) is 5.75 Å². The number of aromatic nitrogens is 2. The number of carbonyl (C=O) groups is 1. The van der Waals surface area contributed by atoms with E-state index in [2.05, 4.69) is 9.97 Å². The number of benzene rings is 1. The van der Waals surface area contributed by atoms with Crippen molar-refractivity contribution in [2.75, 3.05) is 5.75 Å². The van der Waals surface area contributed by atoms with Gasteiger partial charge in [-0.15, -0.1) is 0 Å². The summed E-state index contributed by atoms with van der Waals surface area (Å²) in [5, 5.41) is -0.502. The summed E-state index contributed by atoms with van der Waals surface area (Å²) in [5.41, 5.74) is 0.633. The Balaban J connectivity index is 2.33. The van der Waals surface area contributed by atoms with E-state index in [1.165, 1.54) is 0 Å². The molecule has 0 N–H and O–H groups in total. The number of rotatable bonds is 5. The fraction of sp³-hybridized carbons (Fsp3) is 0.267. The van der Waals surface area contributed by atoms with Gasteiger partial charge in [0.05, 0.1) is 17.0 Å². The molecular formula is C15H15ClN2O4S. The number of hydrogen-bond acceptors (Lipinski definition) is 6. The number of sulfone groups is 1. The van der Waals surface area contributed by atoms with Gasteiger partial charge in [-0.3, -0.25) is 0 Å². The predicted molar refractivity (Wildman–Crippen MR) is 85.5 cm³/mol. The van der Waals surface area contributed by atoms with Crippen molar-refractivity contribution in [3.8, 4) is 5.75 Å². The van der Waals surface area contributed by atoms with Crippen molar-refractivity contribution in [1.29, 1.82) is 0 Å². The summed E-state index contributed by atoms with van der Waals surface area (Å²) >= 11 is 5.90. The quantitative estimate of drug-likeness (QED) is 0.466. The molecule has 122 valence electrons. The van der Waals surface area contributed by atoms with Gasteiger partial charge in [-0.2, -0.15) is 0 Å². The van der Waals surface area contributed by atoms with Crippen molar-refractivity contribution >= 4 is 27.4 Å². The number of esters is 1. The van der Waals surface area contributed by atoms with Crippen LogP contribution >= 0.6 is 11.6 Å². The highest BCUT2D eigenvalue weighted by Gasteiger charge is 2.22. The van der Waals surface area contributed by atoms with Crippen LogP contribution < -0.4 is 4.74 Å². The van der Waals surface area contributed by atoms with E-state index in [4.69, 9.17) is 16.3 Å². The van der Waals surface area contributed by atoms with Crippen molar-refractivity contribution in [3.63, 3.8) is 0 Å². The van der Waals surface area contributed by atoms with E-state index in [9.17, 15) is 13.2 Å². The summed E-state index contributed by atoms with van der Waals surface area (Å²) in [7, 11) is -3.65. The van der Waals surface area contributed by atoms with Crippen LogP contribution in [0.3, 0.4) is 0 Å². The van der Waals surface area contributed by atoms with E-state index >= 15 is 0 Å². The highest BCUT2D eigenvalue weighted by Crippen LogP contribution is 2.19. The third kappa shape index (κ3) is 4.27. The molecule has 0 atom stereocenters. The Morgan fingerprint density at radius 3 is 2.74 bits per heavy atom. The second-order valence-corrected chi connectivity index (χ2v) is 7.28. The van der Waals surface area contributed by atoms with Gasteiger partial charge in [0.25, 0.3) is 0 Å². The zero-order chi connectivity index (χ0) is 17.0. The Hall–Kier alpha value is -1.99. The van der Waals surface area contributed by atoms with Gasteiger partial charge < -0.3 is 4.74 Å². The largest absolute Gasteiger partial charge is 0.422 e. The van der Waals surface area contributed by atoms with Crippen molar-refractivity contribution < 1.29 is 17.9 Å². The molecule has 0 amide bonds. The molecule has 2 rings (SSSR count). The number of carbonyl (C=O) groups excluding carboxylic acids is 1. The topological polar surface area (TPSA) is 86.2 Å². The number of halogens is 1. The zero-order valence-electron chi connectivity index (χ0n) is 12.6. The fourth-order valence-electron chi connectivity index (χ4n) is 1.84. The van der Waals surface area contributed by atoms with Crippen LogP contribution in [0.4, 0.5) is 0 Å². The fourth-order valence-corrected chi connectivity index (χ4v) is 3.17. The van der Waals surface area contributed by atoms with Gasteiger partial charge in [0.15, 0.2) is 5.69 Å². The molecule has 1 aromatic carbocycles. The maximum atomic E-state index is 12.2. The molecule has 23 heavy (non-hydrogen) atoms. The van der Waals surface area contributed by atoms with E-state index in [-0.39, 0.29) is 16.5 Å². The Morgan fingerprint density at radius 1 is 1.35 bits per heavy atom. The molecule has 0 aliphatic rings. The molecule has 0 fully saturated rings. The number of ether oxygens (including phenoxy) is 1. The number of nitrogens with zero attached hydrogens (tertiary/aromatic N) is 2. The summed E-state index contributed by atoms with van der Waals surface area (Å²) in [4.78, 5) is 19.7. The van der Waals surface area contributed by atoms with E-state index in [0.29, 0.717) is 12.2 Å². The van der Waals surface area contributed by atoms with Gasteiger partial charge in [0.1, 0.15) is 5.75 Å². The number of hydrogen-bond donors (Lipinski definition) is 0. The normalized spacial score (nSPS) is 11.3. The Kier molecular flexibility index (Phi) is 5.33. The van der Waals surface area contributed by atoms with Crippen LogP contribution in [0.1, 0.15) is 29.4 Å². The third-order valence-corrected chi connectivity index (χ3v) is 4.84. The van der Waals surface area contributed by atoms with E-state index in [1.54, 1.807) is 25.1 Å². The molecule has 8 heteroatoms. The Labute approximate surface area is 139 Å². The van der Waals surface area contributed by atoms with Crippen LogP contribution in [0.25, 0.3) is 0 Å². The first-order valence-electron chi connectivity index (χ1n) is 6.87. The molecule has 0 aliphatic carbocycles. The smallest absolute Gasteiger partial charge is 0.364 e. The van der Waals surface area contributed by atoms with Gasteiger partial charge in [0, 0.05) is 0 Å². The molecule has 0 saturated carbocycles.